The molecule has 18 heavy (non-hydrogen) atoms. The third-order valence-electron chi connectivity index (χ3n) is 2.77. The van der Waals surface area contributed by atoms with Crippen LogP contribution in [-0.4, -0.2) is 0 Å². The van der Waals surface area contributed by atoms with Crippen LogP contribution in [0, 0.1) is 0 Å². The van der Waals surface area contributed by atoms with E-state index in [-0.39, 0.29) is 6.10 Å². The van der Waals surface area contributed by atoms with Crippen molar-refractivity contribution in [3.63, 3.8) is 0 Å². The van der Waals surface area contributed by atoms with Gasteiger partial charge in [-0.05, 0) is 42.3 Å². The number of rotatable bonds is 4. The van der Waals surface area contributed by atoms with Crippen LogP contribution in [0.5, 0.6) is 0 Å². The summed E-state index contributed by atoms with van der Waals surface area (Å²) in [5.74, 6) is 0. The number of ether oxygens (including phenoxy) is 1. The van der Waals surface area contributed by atoms with Crippen LogP contribution in [0.3, 0.4) is 0 Å². The molecule has 0 aliphatic heterocycles. The fourth-order valence-electron chi connectivity index (χ4n) is 1.76. The first-order chi connectivity index (χ1) is 8.65. The van der Waals surface area contributed by atoms with E-state index in [0.29, 0.717) is 6.61 Å². The smallest absolute Gasteiger partial charge is 0.0802 e. The number of anilines is 1. The van der Waals surface area contributed by atoms with Gasteiger partial charge in [0.05, 0.1) is 12.7 Å². The fourth-order valence-corrected chi connectivity index (χ4v) is 1.97. The zero-order valence-electron chi connectivity index (χ0n) is 10.3. The summed E-state index contributed by atoms with van der Waals surface area (Å²) in [5.41, 5.74) is 8.65. The summed E-state index contributed by atoms with van der Waals surface area (Å²) in [7, 11) is 0. The van der Waals surface area contributed by atoms with Crippen LogP contribution in [0.1, 0.15) is 24.2 Å². The highest BCUT2D eigenvalue weighted by Crippen LogP contribution is 2.21. The van der Waals surface area contributed by atoms with Gasteiger partial charge < -0.3 is 10.5 Å². The molecule has 0 saturated carbocycles. The Morgan fingerprint density at radius 2 is 1.94 bits per heavy atom. The van der Waals surface area contributed by atoms with Crippen molar-refractivity contribution in [3.8, 4) is 0 Å². The Labute approximate surface area is 112 Å². The summed E-state index contributed by atoms with van der Waals surface area (Å²) >= 11 is 5.93. The summed E-state index contributed by atoms with van der Waals surface area (Å²) in [6, 6.07) is 15.4. The Kier molecular flexibility index (Phi) is 4.24. The lowest BCUT2D eigenvalue weighted by Gasteiger charge is -2.14. The largest absolute Gasteiger partial charge is 0.399 e. The predicted molar refractivity (Wildman–Crippen MR) is 75.5 cm³/mol. The van der Waals surface area contributed by atoms with Crippen molar-refractivity contribution in [1.29, 1.82) is 0 Å². The zero-order chi connectivity index (χ0) is 13.0. The van der Waals surface area contributed by atoms with Crippen LogP contribution < -0.4 is 5.73 Å². The highest BCUT2D eigenvalue weighted by atomic mass is 35.5. The quantitative estimate of drug-likeness (QED) is 0.837. The van der Waals surface area contributed by atoms with Crippen LogP contribution in [0.25, 0.3) is 0 Å². The molecule has 1 atom stereocenters. The van der Waals surface area contributed by atoms with Crippen LogP contribution >= 0.6 is 11.6 Å². The molecule has 2 aromatic rings. The topological polar surface area (TPSA) is 35.2 Å². The molecular formula is C15H16ClNO. The molecule has 0 amide bonds. The van der Waals surface area contributed by atoms with Crippen LogP contribution in [-0.2, 0) is 11.3 Å². The standard InChI is InChI=1S/C15H16ClNO/c1-11(13-5-3-7-15(17)9-13)18-10-12-4-2-6-14(16)8-12/h2-9,11H,10,17H2,1H3. The highest BCUT2D eigenvalue weighted by molar-refractivity contribution is 6.30. The molecule has 2 nitrogen and oxygen atoms in total. The molecule has 0 aliphatic carbocycles. The van der Waals surface area contributed by atoms with E-state index in [1.807, 2.05) is 55.5 Å². The van der Waals surface area contributed by atoms with Gasteiger partial charge in [-0.2, -0.15) is 0 Å². The zero-order valence-corrected chi connectivity index (χ0v) is 11.0. The summed E-state index contributed by atoms with van der Waals surface area (Å²) in [4.78, 5) is 0. The fraction of sp³-hybridized carbons (Fsp3) is 0.200. The van der Waals surface area contributed by atoms with Crippen molar-refractivity contribution in [2.24, 2.45) is 0 Å². The molecule has 0 radical (unpaired) electrons. The van der Waals surface area contributed by atoms with Crippen molar-refractivity contribution >= 4 is 17.3 Å². The number of hydrogen-bond acceptors (Lipinski definition) is 2. The van der Waals surface area contributed by atoms with Crippen molar-refractivity contribution in [3.05, 3.63) is 64.7 Å². The van der Waals surface area contributed by atoms with Gasteiger partial charge in [-0.15, -0.1) is 0 Å². The Morgan fingerprint density at radius 1 is 1.17 bits per heavy atom. The molecule has 2 N–H and O–H groups in total. The second-order valence-corrected chi connectivity index (χ2v) is 4.69. The third-order valence-corrected chi connectivity index (χ3v) is 3.00. The van der Waals surface area contributed by atoms with E-state index in [4.69, 9.17) is 22.1 Å². The van der Waals surface area contributed by atoms with Crippen molar-refractivity contribution in [2.75, 3.05) is 5.73 Å². The average molecular weight is 262 g/mol. The van der Waals surface area contributed by atoms with E-state index in [2.05, 4.69) is 0 Å². The molecule has 1 unspecified atom stereocenters. The summed E-state index contributed by atoms with van der Waals surface area (Å²) < 4.78 is 5.81. The molecule has 0 bridgehead atoms. The van der Waals surface area contributed by atoms with E-state index < -0.39 is 0 Å². The minimum absolute atomic E-state index is 0.00693. The second kappa shape index (κ2) is 5.89. The van der Waals surface area contributed by atoms with Gasteiger partial charge in [0.1, 0.15) is 0 Å². The molecule has 2 rings (SSSR count). The van der Waals surface area contributed by atoms with Crippen molar-refractivity contribution in [2.45, 2.75) is 19.6 Å². The lowest BCUT2D eigenvalue weighted by atomic mass is 10.1. The van der Waals surface area contributed by atoms with Crippen LogP contribution in [0.15, 0.2) is 48.5 Å². The second-order valence-electron chi connectivity index (χ2n) is 4.25. The summed E-state index contributed by atoms with van der Waals surface area (Å²) in [6.45, 7) is 2.55. The molecule has 0 spiro atoms. The number of halogens is 1. The Hall–Kier alpha value is -1.51. The minimum atomic E-state index is 0.00693. The highest BCUT2D eigenvalue weighted by Gasteiger charge is 2.06. The third kappa shape index (κ3) is 3.49. The van der Waals surface area contributed by atoms with Crippen molar-refractivity contribution in [1.82, 2.24) is 0 Å². The maximum Gasteiger partial charge on any atom is 0.0802 e. The Morgan fingerprint density at radius 3 is 2.67 bits per heavy atom. The molecule has 3 heteroatoms. The number of nitrogen functional groups attached to an aromatic ring is 1. The minimum Gasteiger partial charge on any atom is -0.399 e. The van der Waals surface area contributed by atoms with Gasteiger partial charge in [0.2, 0.25) is 0 Å². The number of nitrogens with two attached hydrogens (primary N) is 1. The molecule has 0 aliphatic rings. The van der Waals surface area contributed by atoms with Crippen LogP contribution in [0.2, 0.25) is 5.02 Å². The SMILES string of the molecule is CC(OCc1cccc(Cl)c1)c1cccc(N)c1. The molecule has 0 saturated heterocycles. The van der Waals surface area contributed by atoms with Gasteiger partial charge >= 0.3 is 0 Å². The average Bonchev–Trinajstić information content (AvgIpc) is 2.36. The number of benzene rings is 2. The van der Waals surface area contributed by atoms with E-state index in [0.717, 1.165) is 21.8 Å². The molecular weight excluding hydrogens is 246 g/mol. The molecule has 0 aromatic heterocycles. The molecule has 2 aromatic carbocycles. The molecule has 94 valence electrons. The Balaban J connectivity index is 1.98. The summed E-state index contributed by atoms with van der Waals surface area (Å²) in [5, 5.41) is 0.729. The van der Waals surface area contributed by atoms with Gasteiger partial charge in [0.15, 0.2) is 0 Å². The van der Waals surface area contributed by atoms with E-state index in [1.54, 1.807) is 0 Å². The lowest BCUT2D eigenvalue weighted by molar-refractivity contribution is 0.0526. The molecule has 0 heterocycles. The van der Waals surface area contributed by atoms with E-state index in [9.17, 15) is 0 Å². The number of hydrogen-bond donors (Lipinski definition) is 1. The lowest BCUT2D eigenvalue weighted by Crippen LogP contribution is -2.01. The maximum atomic E-state index is 5.93. The van der Waals surface area contributed by atoms with Crippen LogP contribution in [0.4, 0.5) is 5.69 Å². The maximum absolute atomic E-state index is 5.93. The molecule has 0 fully saturated rings. The first kappa shape index (κ1) is 12.9. The van der Waals surface area contributed by atoms with Gasteiger partial charge in [-0.25, -0.2) is 0 Å². The normalized spacial score (nSPS) is 12.3. The first-order valence-corrected chi connectivity index (χ1v) is 6.24. The van der Waals surface area contributed by atoms with Crippen molar-refractivity contribution < 1.29 is 4.74 Å². The van der Waals surface area contributed by atoms with Gasteiger partial charge in [0, 0.05) is 10.7 Å². The van der Waals surface area contributed by atoms with E-state index in [1.165, 1.54) is 0 Å². The Bertz CT molecular complexity index is 527. The predicted octanol–water partition coefficient (Wildman–Crippen LogP) is 4.20. The summed E-state index contributed by atoms with van der Waals surface area (Å²) in [6.07, 6.45) is 0.00693. The van der Waals surface area contributed by atoms with Gasteiger partial charge in [-0.3, -0.25) is 0 Å². The monoisotopic (exact) mass is 261 g/mol. The van der Waals surface area contributed by atoms with E-state index >= 15 is 0 Å². The first-order valence-electron chi connectivity index (χ1n) is 5.86. The van der Waals surface area contributed by atoms with Gasteiger partial charge in [-0.1, -0.05) is 35.9 Å². The van der Waals surface area contributed by atoms with Gasteiger partial charge in [0.25, 0.3) is 0 Å².